The van der Waals surface area contributed by atoms with Crippen molar-refractivity contribution >= 4 is 11.9 Å². The van der Waals surface area contributed by atoms with E-state index in [1.54, 1.807) is 0 Å². The molecule has 2 nitrogen and oxygen atoms in total. The van der Waals surface area contributed by atoms with Gasteiger partial charge in [-0.05, 0) is 37.1 Å². The van der Waals surface area contributed by atoms with Crippen LogP contribution < -0.4 is 0 Å². The first-order valence-electron chi connectivity index (χ1n) is 5.76. The van der Waals surface area contributed by atoms with Crippen molar-refractivity contribution in [1.29, 1.82) is 0 Å². The van der Waals surface area contributed by atoms with Gasteiger partial charge in [0.05, 0.1) is 5.69 Å². The largest absolute Gasteiger partial charge is 0.261 e. The zero-order chi connectivity index (χ0) is 12.1. The van der Waals surface area contributed by atoms with E-state index in [0.29, 0.717) is 0 Å². The van der Waals surface area contributed by atoms with E-state index in [2.05, 4.69) is 42.0 Å². The van der Waals surface area contributed by atoms with Crippen LogP contribution in [-0.2, 0) is 6.42 Å². The number of aliphatic imine (C=N–C) groups is 1. The molecule has 0 aliphatic rings. The number of hydrogen-bond donors (Lipinski definition) is 0. The molecule has 2 heteroatoms. The summed E-state index contributed by atoms with van der Waals surface area (Å²) < 4.78 is 0. The van der Waals surface area contributed by atoms with E-state index in [0.717, 1.165) is 17.8 Å². The van der Waals surface area contributed by atoms with Gasteiger partial charge >= 0.3 is 0 Å². The lowest BCUT2D eigenvalue weighted by Gasteiger charge is -2.03. The summed E-state index contributed by atoms with van der Waals surface area (Å²) in [6.07, 6.45) is 4.51. The Labute approximate surface area is 102 Å². The normalized spacial score (nSPS) is 10.9. The first kappa shape index (κ1) is 11.5. The molecule has 0 radical (unpaired) electrons. The minimum atomic E-state index is 0.772. The average Bonchev–Trinajstić information content (AvgIpc) is 2.34. The summed E-state index contributed by atoms with van der Waals surface area (Å²) in [6, 6.07) is 12.2. The fourth-order valence-corrected chi connectivity index (χ4v) is 1.76. The number of benzene rings is 1. The topological polar surface area (TPSA) is 25.2 Å². The lowest BCUT2D eigenvalue weighted by atomic mass is 10.1. The van der Waals surface area contributed by atoms with E-state index in [9.17, 15) is 0 Å². The number of nitrogens with zero attached hydrogens (tertiary/aromatic N) is 2. The smallest absolute Gasteiger partial charge is 0.0684 e. The third-order valence-corrected chi connectivity index (χ3v) is 2.69. The molecule has 0 unspecified atom stereocenters. The molecule has 0 spiro atoms. The molecule has 0 bridgehead atoms. The molecule has 1 aromatic heterocycles. The number of para-hydroxylation sites is 1. The van der Waals surface area contributed by atoms with Crippen LogP contribution in [0, 0.1) is 13.8 Å². The van der Waals surface area contributed by atoms with E-state index in [-0.39, 0.29) is 0 Å². The van der Waals surface area contributed by atoms with E-state index < -0.39 is 0 Å². The number of pyridine rings is 1. The van der Waals surface area contributed by atoms with Crippen molar-refractivity contribution in [2.45, 2.75) is 20.3 Å². The van der Waals surface area contributed by atoms with Gasteiger partial charge in [0.25, 0.3) is 0 Å². The fraction of sp³-hybridized carbons (Fsp3) is 0.200. The zero-order valence-electron chi connectivity index (χ0n) is 10.2. The number of hydrogen-bond acceptors (Lipinski definition) is 2. The van der Waals surface area contributed by atoms with Crippen LogP contribution in [0.4, 0.5) is 5.69 Å². The van der Waals surface area contributed by atoms with E-state index >= 15 is 0 Å². The van der Waals surface area contributed by atoms with Crippen molar-refractivity contribution in [3.63, 3.8) is 0 Å². The number of rotatable bonds is 3. The van der Waals surface area contributed by atoms with Gasteiger partial charge in [-0.1, -0.05) is 24.3 Å². The highest BCUT2D eigenvalue weighted by molar-refractivity contribution is 5.68. The molecule has 0 atom stereocenters. The van der Waals surface area contributed by atoms with Gasteiger partial charge in [-0.15, -0.1) is 0 Å². The Morgan fingerprint density at radius 2 is 1.82 bits per heavy atom. The summed E-state index contributed by atoms with van der Waals surface area (Å²) in [6.45, 7) is 4.17. The Morgan fingerprint density at radius 1 is 1.06 bits per heavy atom. The van der Waals surface area contributed by atoms with Crippen LogP contribution in [0.15, 0.2) is 47.6 Å². The maximum absolute atomic E-state index is 4.54. The molecule has 2 rings (SSSR count). The van der Waals surface area contributed by atoms with Crippen molar-refractivity contribution in [1.82, 2.24) is 4.98 Å². The monoisotopic (exact) mass is 224 g/mol. The number of aryl methyl sites for hydroxylation is 2. The summed E-state index contributed by atoms with van der Waals surface area (Å²) in [4.78, 5) is 8.80. The van der Waals surface area contributed by atoms with Crippen molar-refractivity contribution in [2.75, 3.05) is 0 Å². The molecule has 0 aliphatic carbocycles. The Kier molecular flexibility index (Phi) is 3.66. The SMILES string of the molecule is Cc1cccc(C)c1N=CCc1ccccn1. The highest BCUT2D eigenvalue weighted by Gasteiger charge is 1.98. The molecule has 2 aromatic rings. The molecule has 0 fully saturated rings. The standard InChI is InChI=1S/C15H16N2/c1-12-6-5-7-13(2)15(12)17-11-9-14-8-3-4-10-16-14/h3-8,10-11H,9H2,1-2H3. The van der Waals surface area contributed by atoms with Gasteiger partial charge in [-0.25, -0.2) is 0 Å². The van der Waals surface area contributed by atoms with Gasteiger partial charge in [0.15, 0.2) is 0 Å². The van der Waals surface area contributed by atoms with Crippen molar-refractivity contribution < 1.29 is 0 Å². The zero-order valence-corrected chi connectivity index (χ0v) is 10.2. The Morgan fingerprint density at radius 3 is 2.47 bits per heavy atom. The summed E-state index contributed by atoms with van der Waals surface area (Å²) >= 11 is 0. The minimum Gasteiger partial charge on any atom is -0.261 e. The molecular formula is C15H16N2. The third kappa shape index (κ3) is 3.00. The molecule has 17 heavy (non-hydrogen) atoms. The van der Waals surface area contributed by atoms with Crippen molar-refractivity contribution in [3.8, 4) is 0 Å². The summed E-state index contributed by atoms with van der Waals surface area (Å²) in [5.41, 5.74) is 4.54. The molecular weight excluding hydrogens is 208 g/mol. The Hall–Kier alpha value is -1.96. The Bertz CT molecular complexity index is 495. The van der Waals surface area contributed by atoms with Gasteiger partial charge < -0.3 is 0 Å². The van der Waals surface area contributed by atoms with Gasteiger partial charge in [0.2, 0.25) is 0 Å². The van der Waals surface area contributed by atoms with Crippen LogP contribution >= 0.6 is 0 Å². The predicted octanol–water partition coefficient (Wildman–Crippen LogP) is 3.64. The van der Waals surface area contributed by atoms with E-state index in [1.165, 1.54) is 11.1 Å². The quantitative estimate of drug-likeness (QED) is 0.731. The fourth-order valence-electron chi connectivity index (χ4n) is 1.76. The van der Waals surface area contributed by atoms with Gasteiger partial charge in [0.1, 0.15) is 0 Å². The van der Waals surface area contributed by atoms with Gasteiger partial charge in [-0.3, -0.25) is 9.98 Å². The van der Waals surface area contributed by atoms with Crippen molar-refractivity contribution in [2.24, 2.45) is 4.99 Å². The van der Waals surface area contributed by atoms with Gasteiger partial charge in [0, 0.05) is 24.5 Å². The van der Waals surface area contributed by atoms with Crippen molar-refractivity contribution in [3.05, 3.63) is 59.4 Å². The maximum Gasteiger partial charge on any atom is 0.0684 e. The molecule has 1 heterocycles. The average molecular weight is 224 g/mol. The molecule has 0 saturated heterocycles. The second-order valence-electron chi connectivity index (χ2n) is 4.08. The van der Waals surface area contributed by atoms with Gasteiger partial charge in [-0.2, -0.15) is 0 Å². The number of aromatic nitrogens is 1. The van der Waals surface area contributed by atoms with Crippen LogP contribution in [0.2, 0.25) is 0 Å². The van der Waals surface area contributed by atoms with Crippen LogP contribution in [0.3, 0.4) is 0 Å². The van der Waals surface area contributed by atoms with Crippen LogP contribution in [0.25, 0.3) is 0 Å². The predicted molar refractivity (Wildman–Crippen MR) is 72.0 cm³/mol. The summed E-state index contributed by atoms with van der Waals surface area (Å²) in [5.74, 6) is 0. The first-order valence-corrected chi connectivity index (χ1v) is 5.76. The molecule has 1 aromatic carbocycles. The molecule has 86 valence electrons. The van der Waals surface area contributed by atoms with Crippen LogP contribution in [0.1, 0.15) is 16.8 Å². The summed E-state index contributed by atoms with van der Waals surface area (Å²) in [5, 5.41) is 0. The summed E-state index contributed by atoms with van der Waals surface area (Å²) in [7, 11) is 0. The maximum atomic E-state index is 4.54. The lowest BCUT2D eigenvalue weighted by molar-refractivity contribution is 1.15. The van der Waals surface area contributed by atoms with Crippen LogP contribution in [-0.4, -0.2) is 11.2 Å². The second-order valence-corrected chi connectivity index (χ2v) is 4.08. The lowest BCUT2D eigenvalue weighted by Crippen LogP contribution is -1.89. The highest BCUT2D eigenvalue weighted by atomic mass is 14.7. The molecule has 0 N–H and O–H groups in total. The minimum absolute atomic E-state index is 0.772. The second kappa shape index (κ2) is 5.39. The van der Waals surface area contributed by atoms with Crippen LogP contribution in [0.5, 0.6) is 0 Å². The molecule has 0 amide bonds. The van der Waals surface area contributed by atoms with E-state index in [4.69, 9.17) is 0 Å². The Balaban J connectivity index is 2.11. The first-order chi connectivity index (χ1) is 8.27. The molecule has 0 saturated carbocycles. The van der Waals surface area contributed by atoms with E-state index in [1.807, 2.05) is 30.6 Å². The molecule has 0 aliphatic heterocycles. The third-order valence-electron chi connectivity index (χ3n) is 2.69. The highest BCUT2D eigenvalue weighted by Crippen LogP contribution is 2.22.